The summed E-state index contributed by atoms with van der Waals surface area (Å²) < 4.78 is 0. The second-order valence-corrected chi connectivity index (χ2v) is 5.82. The van der Waals surface area contributed by atoms with E-state index < -0.39 is 24.6 Å². The lowest BCUT2D eigenvalue weighted by atomic mass is 9.84. The van der Waals surface area contributed by atoms with Crippen LogP contribution in [0.5, 0.6) is 0 Å². The molecule has 0 heterocycles. The van der Waals surface area contributed by atoms with E-state index in [4.69, 9.17) is 10.2 Å². The minimum atomic E-state index is -1.24. The van der Waals surface area contributed by atoms with E-state index in [0.717, 1.165) is 12.3 Å². The molecule has 2 bridgehead atoms. The van der Waals surface area contributed by atoms with Crippen molar-refractivity contribution in [3.8, 4) is 0 Å². The number of hydrogen-bond acceptors (Lipinski definition) is 3. The predicted octanol–water partition coefficient (Wildman–Crippen LogP) is 0.556. The van der Waals surface area contributed by atoms with Crippen molar-refractivity contribution in [1.29, 1.82) is 0 Å². The summed E-state index contributed by atoms with van der Waals surface area (Å²) in [6.45, 7) is 1.37. The van der Waals surface area contributed by atoms with Crippen LogP contribution in [0, 0.1) is 17.8 Å². The van der Waals surface area contributed by atoms with Crippen molar-refractivity contribution in [3.05, 3.63) is 0 Å². The van der Waals surface area contributed by atoms with E-state index in [-0.39, 0.29) is 6.04 Å². The van der Waals surface area contributed by atoms with E-state index in [0.29, 0.717) is 11.8 Å². The minimum absolute atomic E-state index is 0.0448. The Kier molecular flexibility index (Phi) is 4.29. The topological polar surface area (TPSA) is 98.7 Å². The first kappa shape index (κ1) is 14.1. The van der Waals surface area contributed by atoms with Gasteiger partial charge in [0.2, 0.25) is 0 Å². The average molecular weight is 270 g/mol. The molecule has 0 aromatic heterocycles. The van der Waals surface area contributed by atoms with E-state index in [2.05, 4.69) is 10.6 Å². The van der Waals surface area contributed by atoms with Crippen molar-refractivity contribution < 1.29 is 19.8 Å². The molecule has 2 aliphatic rings. The van der Waals surface area contributed by atoms with Crippen molar-refractivity contribution in [2.45, 2.75) is 44.7 Å². The summed E-state index contributed by atoms with van der Waals surface area (Å²) in [5.41, 5.74) is 0. The van der Waals surface area contributed by atoms with Gasteiger partial charge < -0.3 is 20.8 Å². The first-order chi connectivity index (χ1) is 9.01. The molecule has 19 heavy (non-hydrogen) atoms. The molecule has 4 N–H and O–H groups in total. The third-order valence-corrected chi connectivity index (χ3v) is 4.58. The number of carboxylic acids is 1. The van der Waals surface area contributed by atoms with Crippen LogP contribution in [0.25, 0.3) is 0 Å². The zero-order chi connectivity index (χ0) is 14.0. The smallest absolute Gasteiger partial charge is 0.328 e. The van der Waals surface area contributed by atoms with E-state index in [1.807, 2.05) is 6.92 Å². The molecule has 2 amide bonds. The number of rotatable bonds is 5. The summed E-state index contributed by atoms with van der Waals surface area (Å²) >= 11 is 0. The third-order valence-electron chi connectivity index (χ3n) is 4.58. The van der Waals surface area contributed by atoms with Gasteiger partial charge in [-0.25, -0.2) is 9.59 Å². The number of carboxylic acid groups (broad SMARTS) is 1. The number of carbonyl (C=O) groups is 2. The zero-order valence-electron chi connectivity index (χ0n) is 11.1. The van der Waals surface area contributed by atoms with Gasteiger partial charge in [0.15, 0.2) is 6.04 Å². The van der Waals surface area contributed by atoms with Crippen molar-refractivity contribution in [1.82, 2.24) is 10.6 Å². The Morgan fingerprint density at radius 1 is 1.26 bits per heavy atom. The minimum Gasteiger partial charge on any atom is -0.480 e. The normalized spacial score (nSPS) is 31.8. The number of carbonyl (C=O) groups excluding carboxylic acids is 1. The van der Waals surface area contributed by atoms with Crippen LogP contribution in [0.4, 0.5) is 4.79 Å². The second kappa shape index (κ2) is 5.77. The van der Waals surface area contributed by atoms with Gasteiger partial charge in [-0.3, -0.25) is 0 Å². The maximum atomic E-state index is 11.7. The molecule has 0 aliphatic heterocycles. The monoisotopic (exact) mass is 270 g/mol. The Hall–Kier alpha value is -1.30. The quantitative estimate of drug-likeness (QED) is 0.586. The van der Waals surface area contributed by atoms with Gasteiger partial charge >= 0.3 is 12.0 Å². The summed E-state index contributed by atoms with van der Waals surface area (Å²) in [5.74, 6) is 0.784. The van der Waals surface area contributed by atoms with Gasteiger partial charge in [-0.15, -0.1) is 0 Å². The predicted molar refractivity (Wildman–Crippen MR) is 68.6 cm³/mol. The van der Waals surface area contributed by atoms with E-state index >= 15 is 0 Å². The van der Waals surface area contributed by atoms with E-state index in [1.54, 1.807) is 0 Å². The van der Waals surface area contributed by atoms with Crippen molar-refractivity contribution >= 4 is 12.0 Å². The lowest BCUT2D eigenvalue weighted by molar-refractivity contribution is -0.140. The first-order valence-electron chi connectivity index (χ1n) is 6.92. The number of amides is 2. The van der Waals surface area contributed by atoms with Gasteiger partial charge in [-0.2, -0.15) is 0 Å². The van der Waals surface area contributed by atoms with Crippen LogP contribution < -0.4 is 10.6 Å². The van der Waals surface area contributed by atoms with Crippen LogP contribution in [0.1, 0.15) is 32.6 Å². The second-order valence-electron chi connectivity index (χ2n) is 5.82. The summed E-state index contributed by atoms with van der Waals surface area (Å²) in [5, 5.41) is 22.7. The van der Waals surface area contributed by atoms with Crippen LogP contribution in [-0.4, -0.2) is 40.9 Å². The molecule has 4 unspecified atom stereocenters. The number of fused-ring (bicyclic) bond motifs is 2. The molecule has 108 valence electrons. The summed E-state index contributed by atoms with van der Waals surface area (Å²) in [6, 6.07) is -1.72. The molecule has 0 aromatic rings. The van der Waals surface area contributed by atoms with Crippen molar-refractivity contribution in [2.75, 3.05) is 6.61 Å². The van der Waals surface area contributed by atoms with Crippen LogP contribution >= 0.6 is 0 Å². The highest BCUT2D eigenvalue weighted by molar-refractivity contribution is 5.82. The zero-order valence-corrected chi connectivity index (χ0v) is 11.1. The van der Waals surface area contributed by atoms with Crippen LogP contribution in [-0.2, 0) is 4.79 Å². The molecule has 2 saturated carbocycles. The maximum absolute atomic E-state index is 11.7. The van der Waals surface area contributed by atoms with Gasteiger partial charge in [0.05, 0.1) is 6.61 Å². The molecule has 2 fully saturated rings. The first-order valence-corrected chi connectivity index (χ1v) is 6.92. The number of urea groups is 1. The van der Waals surface area contributed by atoms with Crippen LogP contribution in [0.2, 0.25) is 0 Å². The van der Waals surface area contributed by atoms with Crippen molar-refractivity contribution in [2.24, 2.45) is 17.8 Å². The molecule has 2 rings (SSSR count). The maximum Gasteiger partial charge on any atom is 0.328 e. The standard InChI is InChI=1S/C13H22N2O4/c1-7(10-5-8-2-3-9(10)4-8)14-13(19)15-11(6-16)12(17)18/h7-11,16H,2-6H2,1H3,(H,17,18)(H2,14,15,19)/t7?,8?,9?,10?,11-/m0/s1. The number of aliphatic hydroxyl groups excluding tert-OH is 1. The third kappa shape index (κ3) is 3.18. The van der Waals surface area contributed by atoms with Gasteiger partial charge in [0.25, 0.3) is 0 Å². The summed E-state index contributed by atoms with van der Waals surface area (Å²) in [6.07, 6.45) is 4.99. The molecule has 2 aliphatic carbocycles. The number of nitrogens with one attached hydrogen (secondary N) is 2. The Bertz CT molecular complexity index is 361. The Morgan fingerprint density at radius 3 is 2.47 bits per heavy atom. The molecule has 0 radical (unpaired) electrons. The Morgan fingerprint density at radius 2 is 2.00 bits per heavy atom. The molecular weight excluding hydrogens is 248 g/mol. The fourth-order valence-electron chi connectivity index (χ4n) is 3.61. The molecule has 6 nitrogen and oxygen atoms in total. The largest absolute Gasteiger partial charge is 0.480 e. The lowest BCUT2D eigenvalue weighted by Gasteiger charge is -2.28. The molecule has 0 saturated heterocycles. The van der Waals surface area contributed by atoms with E-state index in [1.165, 1.54) is 19.3 Å². The highest BCUT2D eigenvalue weighted by Gasteiger charge is 2.42. The fraction of sp³-hybridized carbons (Fsp3) is 0.846. The summed E-state index contributed by atoms with van der Waals surface area (Å²) in [4.78, 5) is 22.4. The SMILES string of the molecule is CC(NC(=O)N[C@@H](CO)C(=O)O)C1CC2CCC1C2. The summed E-state index contributed by atoms with van der Waals surface area (Å²) in [7, 11) is 0. The molecule has 6 heteroatoms. The van der Waals surface area contributed by atoms with E-state index in [9.17, 15) is 9.59 Å². The van der Waals surface area contributed by atoms with Crippen molar-refractivity contribution in [3.63, 3.8) is 0 Å². The number of aliphatic hydroxyl groups is 1. The van der Waals surface area contributed by atoms with Gasteiger partial charge in [0, 0.05) is 6.04 Å². The Balaban J connectivity index is 1.80. The van der Waals surface area contributed by atoms with Gasteiger partial charge in [0.1, 0.15) is 0 Å². The molecule has 0 aromatic carbocycles. The number of hydrogen-bond donors (Lipinski definition) is 4. The molecular formula is C13H22N2O4. The number of aliphatic carboxylic acids is 1. The van der Waals surface area contributed by atoms with Crippen LogP contribution in [0.15, 0.2) is 0 Å². The fourth-order valence-corrected chi connectivity index (χ4v) is 3.61. The van der Waals surface area contributed by atoms with Gasteiger partial charge in [-0.1, -0.05) is 6.42 Å². The highest BCUT2D eigenvalue weighted by Crippen LogP contribution is 2.49. The Labute approximate surface area is 112 Å². The van der Waals surface area contributed by atoms with Gasteiger partial charge in [-0.05, 0) is 43.9 Å². The molecule has 5 atom stereocenters. The molecule has 0 spiro atoms. The lowest BCUT2D eigenvalue weighted by Crippen LogP contribution is -2.51. The van der Waals surface area contributed by atoms with Crippen LogP contribution in [0.3, 0.4) is 0 Å². The highest BCUT2D eigenvalue weighted by atomic mass is 16.4. The average Bonchev–Trinajstić information content (AvgIpc) is 2.97.